The van der Waals surface area contributed by atoms with E-state index in [1.807, 2.05) is 30.3 Å². The van der Waals surface area contributed by atoms with E-state index >= 15 is 0 Å². The van der Waals surface area contributed by atoms with Crippen molar-refractivity contribution in [1.29, 1.82) is 0 Å². The van der Waals surface area contributed by atoms with Crippen molar-refractivity contribution in [1.82, 2.24) is 0 Å². The Bertz CT molecular complexity index is 600. The number of hydrogen-bond donors (Lipinski definition) is 1. The van der Waals surface area contributed by atoms with Crippen LogP contribution in [0.15, 0.2) is 54.3 Å². The van der Waals surface area contributed by atoms with Crippen LogP contribution in [-0.4, -0.2) is 17.7 Å². The Kier molecular flexibility index (Phi) is 6.60. The highest BCUT2D eigenvalue weighted by atomic mass is 35.5. The first-order chi connectivity index (χ1) is 9.56. The van der Waals surface area contributed by atoms with Crippen molar-refractivity contribution in [3.05, 3.63) is 59.3 Å². The van der Waals surface area contributed by atoms with Crippen molar-refractivity contribution in [3.63, 3.8) is 0 Å². The molecule has 0 aliphatic carbocycles. The molecule has 0 aromatic heterocycles. The summed E-state index contributed by atoms with van der Waals surface area (Å²) in [6.45, 7) is 3.79. The van der Waals surface area contributed by atoms with Gasteiger partial charge in [-0.05, 0) is 25.3 Å². The summed E-state index contributed by atoms with van der Waals surface area (Å²) in [5.74, 6) is -0.941. The lowest BCUT2D eigenvalue weighted by atomic mass is 10.1. The van der Waals surface area contributed by atoms with Crippen LogP contribution in [0, 0.1) is 0 Å². The quantitative estimate of drug-likeness (QED) is 0.669. The molecule has 20 heavy (non-hydrogen) atoms. The summed E-state index contributed by atoms with van der Waals surface area (Å²) in [6.07, 6.45) is 1.24. The number of carbonyl (C=O) groups is 1. The average Bonchev–Trinajstić information content (AvgIpc) is 2.46. The van der Waals surface area contributed by atoms with E-state index in [0.717, 1.165) is 10.4 Å². The smallest absolute Gasteiger partial charge is 0.334 e. The van der Waals surface area contributed by atoms with Crippen LogP contribution >= 0.6 is 11.6 Å². The molecule has 2 aromatic rings. The van der Waals surface area contributed by atoms with Crippen molar-refractivity contribution in [3.8, 4) is 0 Å². The summed E-state index contributed by atoms with van der Waals surface area (Å²) >= 11 is 5.96. The van der Waals surface area contributed by atoms with Gasteiger partial charge in [0.25, 0.3) is 0 Å². The van der Waals surface area contributed by atoms with Crippen LogP contribution in [0.5, 0.6) is 0 Å². The Balaban J connectivity index is 0.000000206. The van der Waals surface area contributed by atoms with E-state index in [4.69, 9.17) is 21.4 Å². The summed E-state index contributed by atoms with van der Waals surface area (Å²) in [7, 11) is 0. The molecule has 0 saturated carbocycles. The SMILES string of the molecule is CCOC=C(C)C(=O)O.Clc1cccc2ccccc12. The topological polar surface area (TPSA) is 46.5 Å². The zero-order chi connectivity index (χ0) is 15.0. The average molecular weight is 293 g/mol. The van der Waals surface area contributed by atoms with Crippen molar-refractivity contribution in [2.24, 2.45) is 0 Å². The van der Waals surface area contributed by atoms with E-state index in [-0.39, 0.29) is 5.57 Å². The molecule has 106 valence electrons. The molecule has 3 nitrogen and oxygen atoms in total. The van der Waals surface area contributed by atoms with Gasteiger partial charge in [0, 0.05) is 10.4 Å². The summed E-state index contributed by atoms with van der Waals surface area (Å²) in [4.78, 5) is 10.1. The third kappa shape index (κ3) is 4.94. The Morgan fingerprint density at radius 3 is 2.50 bits per heavy atom. The summed E-state index contributed by atoms with van der Waals surface area (Å²) in [6, 6.07) is 14.0. The number of fused-ring (bicyclic) bond motifs is 1. The Hall–Kier alpha value is -2.00. The predicted molar refractivity (Wildman–Crippen MR) is 82.0 cm³/mol. The highest BCUT2D eigenvalue weighted by Gasteiger charge is 1.97. The van der Waals surface area contributed by atoms with Crippen molar-refractivity contribution < 1.29 is 14.6 Å². The molecule has 0 bridgehead atoms. The predicted octanol–water partition coefficient (Wildman–Crippen LogP) is 4.50. The maximum atomic E-state index is 10.1. The molecule has 4 heteroatoms. The van der Waals surface area contributed by atoms with Crippen LogP contribution in [0.4, 0.5) is 0 Å². The number of halogens is 1. The fourth-order valence-corrected chi connectivity index (χ4v) is 1.69. The maximum absolute atomic E-state index is 10.1. The minimum atomic E-state index is -0.941. The highest BCUT2D eigenvalue weighted by Crippen LogP contribution is 2.21. The van der Waals surface area contributed by atoms with Crippen LogP contribution < -0.4 is 0 Å². The molecule has 0 saturated heterocycles. The van der Waals surface area contributed by atoms with Crippen LogP contribution in [0.25, 0.3) is 10.8 Å². The first-order valence-corrected chi connectivity index (χ1v) is 6.59. The van der Waals surface area contributed by atoms with Crippen LogP contribution in [-0.2, 0) is 9.53 Å². The number of carboxylic acid groups (broad SMARTS) is 1. The zero-order valence-electron chi connectivity index (χ0n) is 11.5. The molecule has 0 spiro atoms. The molecular weight excluding hydrogens is 276 g/mol. The van der Waals surface area contributed by atoms with E-state index in [2.05, 4.69) is 12.1 Å². The fourth-order valence-electron chi connectivity index (χ4n) is 1.44. The van der Waals surface area contributed by atoms with Gasteiger partial charge < -0.3 is 9.84 Å². The second-order valence-corrected chi connectivity index (χ2v) is 4.43. The number of ether oxygens (including phenoxy) is 1. The molecule has 1 N–H and O–H groups in total. The van der Waals surface area contributed by atoms with Crippen LogP contribution in [0.2, 0.25) is 5.02 Å². The zero-order valence-corrected chi connectivity index (χ0v) is 12.2. The number of benzene rings is 2. The minimum absolute atomic E-state index is 0.219. The second-order valence-electron chi connectivity index (χ2n) is 4.02. The third-order valence-electron chi connectivity index (χ3n) is 2.50. The highest BCUT2D eigenvalue weighted by molar-refractivity contribution is 6.35. The van der Waals surface area contributed by atoms with E-state index < -0.39 is 5.97 Å². The fraction of sp³-hybridized carbons (Fsp3) is 0.188. The lowest BCUT2D eigenvalue weighted by molar-refractivity contribution is -0.132. The number of rotatable bonds is 3. The first kappa shape index (κ1) is 16.1. The van der Waals surface area contributed by atoms with E-state index in [1.54, 1.807) is 6.92 Å². The Morgan fingerprint density at radius 1 is 1.25 bits per heavy atom. The van der Waals surface area contributed by atoms with Gasteiger partial charge in [-0.1, -0.05) is 48.0 Å². The molecule has 0 aliphatic heterocycles. The minimum Gasteiger partial charge on any atom is -0.501 e. The van der Waals surface area contributed by atoms with Gasteiger partial charge in [0.1, 0.15) is 0 Å². The number of aliphatic carboxylic acids is 1. The van der Waals surface area contributed by atoms with E-state index in [1.165, 1.54) is 18.6 Å². The molecule has 0 aliphatic rings. The molecule has 0 fully saturated rings. The Labute approximate surface area is 123 Å². The largest absolute Gasteiger partial charge is 0.501 e. The van der Waals surface area contributed by atoms with Crippen molar-refractivity contribution in [2.75, 3.05) is 6.61 Å². The van der Waals surface area contributed by atoms with Gasteiger partial charge in [-0.25, -0.2) is 4.79 Å². The van der Waals surface area contributed by atoms with E-state index in [0.29, 0.717) is 6.61 Å². The molecule has 0 atom stereocenters. The van der Waals surface area contributed by atoms with Crippen LogP contribution in [0.1, 0.15) is 13.8 Å². The van der Waals surface area contributed by atoms with Crippen molar-refractivity contribution in [2.45, 2.75) is 13.8 Å². The standard InChI is InChI=1S/C10H7Cl.C6H10O3/c11-10-7-3-5-8-4-1-2-6-9(8)10;1-3-9-4-5(2)6(7)8/h1-7H;4H,3H2,1-2H3,(H,7,8). The van der Waals surface area contributed by atoms with Gasteiger partial charge in [-0.15, -0.1) is 0 Å². The lowest BCUT2D eigenvalue weighted by Gasteiger charge is -1.97. The molecule has 0 unspecified atom stereocenters. The molecule has 0 heterocycles. The van der Waals surface area contributed by atoms with Gasteiger partial charge in [0.15, 0.2) is 0 Å². The van der Waals surface area contributed by atoms with Gasteiger partial charge in [0.05, 0.1) is 18.4 Å². The third-order valence-corrected chi connectivity index (χ3v) is 2.83. The normalized spacial score (nSPS) is 10.7. The number of hydrogen-bond acceptors (Lipinski definition) is 2. The monoisotopic (exact) mass is 292 g/mol. The molecule has 0 amide bonds. The van der Waals surface area contributed by atoms with Gasteiger partial charge >= 0.3 is 5.97 Å². The second kappa shape index (κ2) is 8.23. The summed E-state index contributed by atoms with van der Waals surface area (Å²) in [5.41, 5.74) is 0.219. The molecule has 2 aromatic carbocycles. The molecule has 2 rings (SSSR count). The summed E-state index contributed by atoms with van der Waals surface area (Å²) < 4.78 is 4.71. The van der Waals surface area contributed by atoms with Gasteiger partial charge in [0.2, 0.25) is 0 Å². The van der Waals surface area contributed by atoms with E-state index in [9.17, 15) is 4.79 Å². The Morgan fingerprint density at radius 2 is 1.90 bits per heavy atom. The van der Waals surface area contributed by atoms with Crippen LogP contribution in [0.3, 0.4) is 0 Å². The maximum Gasteiger partial charge on any atom is 0.334 e. The molecule has 0 radical (unpaired) electrons. The van der Waals surface area contributed by atoms with Gasteiger partial charge in [-0.3, -0.25) is 0 Å². The number of carboxylic acids is 1. The van der Waals surface area contributed by atoms with Crippen molar-refractivity contribution >= 4 is 28.3 Å². The summed E-state index contributed by atoms with van der Waals surface area (Å²) in [5, 5.41) is 11.4. The lowest BCUT2D eigenvalue weighted by Crippen LogP contribution is -1.96. The first-order valence-electron chi connectivity index (χ1n) is 6.21. The molecular formula is C16H17ClO3. The van der Waals surface area contributed by atoms with Gasteiger partial charge in [-0.2, -0.15) is 0 Å².